The minimum Gasteiger partial charge on any atom is -0.313 e. The summed E-state index contributed by atoms with van der Waals surface area (Å²) in [5, 5.41) is 7.41. The van der Waals surface area contributed by atoms with Crippen LogP contribution in [0.2, 0.25) is 0 Å². The Kier molecular flexibility index (Phi) is 3.39. The number of pyridine rings is 1. The van der Waals surface area contributed by atoms with Crippen LogP contribution in [0.5, 0.6) is 0 Å². The third-order valence-electron chi connectivity index (χ3n) is 2.49. The zero-order valence-electron chi connectivity index (χ0n) is 9.89. The molecule has 0 aliphatic carbocycles. The lowest BCUT2D eigenvalue weighted by Gasteiger charge is -2.04. The molecule has 0 fully saturated rings. The Labute approximate surface area is 99.4 Å². The van der Waals surface area contributed by atoms with Crippen molar-refractivity contribution in [3.8, 4) is 0 Å². The summed E-state index contributed by atoms with van der Waals surface area (Å²) >= 11 is 0. The first-order valence-electron chi connectivity index (χ1n) is 5.64. The highest BCUT2D eigenvalue weighted by molar-refractivity contribution is 5.35. The van der Waals surface area contributed by atoms with Gasteiger partial charge in [-0.1, -0.05) is 19.6 Å². The molecule has 0 amide bonds. The predicted molar refractivity (Wildman–Crippen MR) is 67.1 cm³/mol. The molecule has 0 aliphatic heterocycles. The largest absolute Gasteiger partial charge is 0.350 e. The van der Waals surface area contributed by atoms with Crippen molar-refractivity contribution in [1.29, 1.82) is 0 Å². The van der Waals surface area contributed by atoms with Crippen molar-refractivity contribution < 1.29 is 0 Å². The molecule has 0 radical (unpaired) electrons. The quantitative estimate of drug-likeness (QED) is 0.771. The van der Waals surface area contributed by atoms with Crippen LogP contribution in [0.3, 0.4) is 0 Å². The van der Waals surface area contributed by atoms with Gasteiger partial charge in [-0.2, -0.15) is 0 Å². The second kappa shape index (κ2) is 4.97. The Morgan fingerprint density at radius 1 is 1.53 bits per heavy atom. The second-order valence-electron chi connectivity index (χ2n) is 3.90. The van der Waals surface area contributed by atoms with Gasteiger partial charge in [0.2, 0.25) is 0 Å². The van der Waals surface area contributed by atoms with Crippen molar-refractivity contribution in [3.63, 3.8) is 0 Å². The average molecular weight is 232 g/mol. The molecule has 0 aromatic carbocycles. The van der Waals surface area contributed by atoms with Gasteiger partial charge in [-0.3, -0.25) is 4.40 Å². The minimum absolute atomic E-state index is 0.127. The Morgan fingerprint density at radius 2 is 2.35 bits per heavy atom. The van der Waals surface area contributed by atoms with Gasteiger partial charge in [0.05, 0.1) is 6.54 Å². The average Bonchev–Trinajstić information content (AvgIpc) is 2.64. The zero-order chi connectivity index (χ0) is 12.3. The molecule has 5 heteroatoms. The van der Waals surface area contributed by atoms with Crippen molar-refractivity contribution in [2.75, 3.05) is 13.1 Å². The van der Waals surface area contributed by atoms with Crippen LogP contribution < -0.4 is 11.0 Å². The summed E-state index contributed by atoms with van der Waals surface area (Å²) in [4.78, 5) is 11.9. The van der Waals surface area contributed by atoms with Crippen LogP contribution in [0.15, 0.2) is 41.3 Å². The van der Waals surface area contributed by atoms with Crippen LogP contribution in [0.25, 0.3) is 5.65 Å². The first-order chi connectivity index (χ1) is 8.22. The van der Waals surface area contributed by atoms with Crippen molar-refractivity contribution in [2.45, 2.75) is 13.5 Å². The van der Waals surface area contributed by atoms with Gasteiger partial charge in [0.15, 0.2) is 5.65 Å². The predicted octanol–water partition coefficient (Wildman–Crippen LogP) is 0.662. The SMILES string of the molecule is C=C(CNCC)Cn1nc2ccccn2c1=O. The van der Waals surface area contributed by atoms with Gasteiger partial charge in [-0.05, 0) is 24.3 Å². The fraction of sp³-hybridized carbons (Fsp3) is 0.333. The van der Waals surface area contributed by atoms with Crippen molar-refractivity contribution in [2.24, 2.45) is 0 Å². The van der Waals surface area contributed by atoms with E-state index in [1.54, 1.807) is 6.20 Å². The first kappa shape index (κ1) is 11.6. The van der Waals surface area contributed by atoms with Crippen molar-refractivity contribution in [1.82, 2.24) is 19.5 Å². The Morgan fingerprint density at radius 3 is 3.06 bits per heavy atom. The third-order valence-corrected chi connectivity index (χ3v) is 2.49. The molecule has 0 aliphatic rings. The van der Waals surface area contributed by atoms with Gasteiger partial charge in [0, 0.05) is 12.7 Å². The van der Waals surface area contributed by atoms with E-state index in [0.717, 1.165) is 12.1 Å². The molecule has 0 saturated heterocycles. The van der Waals surface area contributed by atoms with Crippen LogP contribution >= 0.6 is 0 Å². The molecule has 0 saturated carbocycles. The molecular weight excluding hydrogens is 216 g/mol. The minimum atomic E-state index is -0.127. The summed E-state index contributed by atoms with van der Waals surface area (Å²) in [5.74, 6) is 0. The van der Waals surface area contributed by atoms with E-state index in [9.17, 15) is 4.79 Å². The third kappa shape index (κ3) is 2.45. The molecule has 1 N–H and O–H groups in total. The zero-order valence-corrected chi connectivity index (χ0v) is 9.89. The van der Waals surface area contributed by atoms with E-state index < -0.39 is 0 Å². The first-order valence-corrected chi connectivity index (χ1v) is 5.64. The highest BCUT2D eigenvalue weighted by Crippen LogP contribution is 1.97. The topological polar surface area (TPSA) is 51.3 Å². The number of nitrogens with zero attached hydrogens (tertiary/aromatic N) is 3. The molecule has 2 rings (SSSR count). The van der Waals surface area contributed by atoms with Gasteiger partial charge in [-0.25, -0.2) is 9.48 Å². The van der Waals surface area contributed by atoms with E-state index in [-0.39, 0.29) is 5.69 Å². The number of fused-ring (bicyclic) bond motifs is 1. The lowest BCUT2D eigenvalue weighted by molar-refractivity contribution is 0.625. The molecule has 0 bridgehead atoms. The summed E-state index contributed by atoms with van der Waals surface area (Å²) in [5.41, 5.74) is 1.48. The Hall–Kier alpha value is -1.88. The molecule has 2 aromatic heterocycles. The lowest BCUT2D eigenvalue weighted by atomic mass is 10.3. The van der Waals surface area contributed by atoms with Crippen LogP contribution in [0.4, 0.5) is 0 Å². The van der Waals surface area contributed by atoms with Gasteiger partial charge < -0.3 is 5.32 Å². The second-order valence-corrected chi connectivity index (χ2v) is 3.90. The van der Waals surface area contributed by atoms with Crippen molar-refractivity contribution >= 4 is 5.65 Å². The summed E-state index contributed by atoms with van der Waals surface area (Å²) in [7, 11) is 0. The Balaban J connectivity index is 2.22. The van der Waals surface area contributed by atoms with Crippen LogP contribution in [0, 0.1) is 0 Å². The maximum absolute atomic E-state index is 11.9. The highest BCUT2D eigenvalue weighted by atomic mass is 16.2. The summed E-state index contributed by atoms with van der Waals surface area (Å²) < 4.78 is 2.97. The van der Waals surface area contributed by atoms with Crippen LogP contribution in [-0.4, -0.2) is 27.3 Å². The lowest BCUT2D eigenvalue weighted by Crippen LogP contribution is -2.25. The Bertz CT molecular complexity index is 581. The van der Waals surface area contributed by atoms with Gasteiger partial charge in [0.1, 0.15) is 0 Å². The summed E-state index contributed by atoms with van der Waals surface area (Å²) in [6, 6.07) is 5.48. The smallest absolute Gasteiger partial charge is 0.313 e. The molecule has 0 atom stereocenters. The van der Waals surface area contributed by atoms with Crippen LogP contribution in [-0.2, 0) is 6.54 Å². The molecule has 0 unspecified atom stereocenters. The van der Waals surface area contributed by atoms with Crippen molar-refractivity contribution in [3.05, 3.63) is 47.0 Å². The fourth-order valence-electron chi connectivity index (χ4n) is 1.64. The molecule has 2 aromatic rings. The molecule has 17 heavy (non-hydrogen) atoms. The maximum Gasteiger partial charge on any atom is 0.350 e. The summed E-state index contributed by atoms with van der Waals surface area (Å²) in [6.45, 7) is 8.00. The van der Waals surface area contributed by atoms with E-state index in [2.05, 4.69) is 17.0 Å². The molecular formula is C12H16N4O. The van der Waals surface area contributed by atoms with E-state index in [0.29, 0.717) is 18.7 Å². The molecule has 2 heterocycles. The number of hydrogen-bond acceptors (Lipinski definition) is 3. The summed E-state index contributed by atoms with van der Waals surface area (Å²) in [6.07, 6.45) is 1.72. The molecule has 0 spiro atoms. The maximum atomic E-state index is 11.9. The van der Waals surface area contributed by atoms with Gasteiger partial charge in [0.25, 0.3) is 0 Å². The van der Waals surface area contributed by atoms with E-state index in [1.165, 1.54) is 9.08 Å². The number of nitrogens with one attached hydrogen (secondary N) is 1. The van der Waals surface area contributed by atoms with Crippen LogP contribution in [0.1, 0.15) is 6.92 Å². The number of rotatable bonds is 5. The van der Waals surface area contributed by atoms with Gasteiger partial charge in [-0.15, -0.1) is 5.10 Å². The molecule has 90 valence electrons. The standard InChI is InChI=1S/C12H16N4O/c1-3-13-8-10(2)9-16-12(17)15-7-5-4-6-11(15)14-16/h4-7,13H,2-3,8-9H2,1H3. The monoisotopic (exact) mass is 232 g/mol. The van der Waals surface area contributed by atoms with E-state index in [1.807, 2.05) is 25.1 Å². The normalized spacial score (nSPS) is 10.9. The van der Waals surface area contributed by atoms with E-state index >= 15 is 0 Å². The molecule has 5 nitrogen and oxygen atoms in total. The number of aromatic nitrogens is 3. The fourth-order valence-corrected chi connectivity index (χ4v) is 1.64. The highest BCUT2D eigenvalue weighted by Gasteiger charge is 2.06. The van der Waals surface area contributed by atoms with E-state index in [4.69, 9.17) is 0 Å². The van der Waals surface area contributed by atoms with Gasteiger partial charge >= 0.3 is 5.69 Å². The number of hydrogen-bond donors (Lipinski definition) is 1. The number of likely N-dealkylation sites (N-methyl/N-ethyl adjacent to an activating group) is 1.